The molecule has 1 atom stereocenters. The van der Waals surface area contributed by atoms with Crippen LogP contribution in [0.4, 0.5) is 4.39 Å². The summed E-state index contributed by atoms with van der Waals surface area (Å²) in [7, 11) is -4.00. The molecule has 1 unspecified atom stereocenters. The standard InChI is InChI=1S/C10H13FN2O4S/c1-6-2-3-7(11)4-9(6)18(16,17)13-5-8(14)10(12)15/h2-4,8,13-14H,5H2,1H3,(H2,12,15). The van der Waals surface area contributed by atoms with Gasteiger partial charge in [-0.2, -0.15) is 0 Å². The van der Waals surface area contributed by atoms with Crippen molar-refractivity contribution in [2.45, 2.75) is 17.9 Å². The molecule has 0 radical (unpaired) electrons. The van der Waals surface area contributed by atoms with Gasteiger partial charge in [-0.25, -0.2) is 17.5 Å². The number of halogens is 1. The topological polar surface area (TPSA) is 109 Å². The van der Waals surface area contributed by atoms with Crippen LogP contribution >= 0.6 is 0 Å². The Bertz CT molecular complexity index is 559. The van der Waals surface area contributed by atoms with Crippen LogP contribution in [-0.2, 0) is 14.8 Å². The normalized spacial score (nSPS) is 13.3. The minimum Gasteiger partial charge on any atom is -0.382 e. The smallest absolute Gasteiger partial charge is 0.247 e. The van der Waals surface area contributed by atoms with Gasteiger partial charge in [-0.3, -0.25) is 4.79 Å². The highest BCUT2D eigenvalue weighted by molar-refractivity contribution is 7.89. The van der Waals surface area contributed by atoms with E-state index in [0.717, 1.165) is 12.1 Å². The van der Waals surface area contributed by atoms with Crippen molar-refractivity contribution in [3.8, 4) is 0 Å². The fraction of sp³-hybridized carbons (Fsp3) is 0.300. The second-order valence-corrected chi connectivity index (χ2v) is 5.42. The van der Waals surface area contributed by atoms with Crippen LogP contribution in [-0.4, -0.2) is 32.1 Å². The van der Waals surface area contributed by atoms with Crippen molar-refractivity contribution in [2.24, 2.45) is 5.73 Å². The molecule has 1 rings (SSSR count). The summed E-state index contributed by atoms with van der Waals surface area (Å²) in [6.07, 6.45) is -1.63. The first-order valence-electron chi connectivity index (χ1n) is 4.97. The lowest BCUT2D eigenvalue weighted by atomic mass is 10.2. The van der Waals surface area contributed by atoms with Gasteiger partial charge in [0.1, 0.15) is 11.9 Å². The number of sulfonamides is 1. The monoisotopic (exact) mass is 276 g/mol. The highest BCUT2D eigenvalue weighted by atomic mass is 32.2. The van der Waals surface area contributed by atoms with E-state index in [0.29, 0.717) is 5.56 Å². The van der Waals surface area contributed by atoms with Gasteiger partial charge in [0.05, 0.1) is 4.90 Å². The van der Waals surface area contributed by atoms with E-state index in [2.05, 4.69) is 0 Å². The number of rotatable bonds is 5. The van der Waals surface area contributed by atoms with Crippen LogP contribution < -0.4 is 10.5 Å². The Balaban J connectivity index is 2.93. The maximum atomic E-state index is 13.0. The van der Waals surface area contributed by atoms with Gasteiger partial charge < -0.3 is 10.8 Å². The van der Waals surface area contributed by atoms with Gasteiger partial charge in [-0.15, -0.1) is 0 Å². The number of nitrogens with two attached hydrogens (primary N) is 1. The van der Waals surface area contributed by atoms with Gasteiger partial charge >= 0.3 is 0 Å². The molecule has 0 aliphatic heterocycles. The zero-order valence-corrected chi connectivity index (χ0v) is 10.4. The maximum Gasteiger partial charge on any atom is 0.247 e. The van der Waals surface area contributed by atoms with E-state index in [1.54, 1.807) is 0 Å². The Morgan fingerprint density at radius 1 is 1.56 bits per heavy atom. The molecule has 1 aromatic carbocycles. The SMILES string of the molecule is Cc1ccc(F)cc1S(=O)(=O)NCC(O)C(N)=O. The Labute approximate surface area is 104 Å². The molecule has 0 saturated carbocycles. The highest BCUT2D eigenvalue weighted by Crippen LogP contribution is 2.15. The van der Waals surface area contributed by atoms with Crippen LogP contribution in [0.15, 0.2) is 23.1 Å². The average molecular weight is 276 g/mol. The Kier molecular flexibility index (Phi) is 4.38. The number of aliphatic hydroxyl groups excluding tert-OH is 1. The van der Waals surface area contributed by atoms with Crippen LogP contribution in [0.2, 0.25) is 0 Å². The Morgan fingerprint density at radius 2 is 2.17 bits per heavy atom. The predicted molar refractivity (Wildman–Crippen MR) is 61.5 cm³/mol. The highest BCUT2D eigenvalue weighted by Gasteiger charge is 2.20. The number of nitrogens with one attached hydrogen (secondary N) is 1. The van der Waals surface area contributed by atoms with Crippen LogP contribution in [0.5, 0.6) is 0 Å². The molecule has 4 N–H and O–H groups in total. The number of aliphatic hydroxyl groups is 1. The van der Waals surface area contributed by atoms with Crippen LogP contribution in [0.25, 0.3) is 0 Å². The summed E-state index contributed by atoms with van der Waals surface area (Å²) in [5, 5.41) is 9.09. The molecule has 0 bridgehead atoms. The summed E-state index contributed by atoms with van der Waals surface area (Å²) in [6.45, 7) is 0.937. The lowest BCUT2D eigenvalue weighted by Gasteiger charge is -2.11. The van der Waals surface area contributed by atoms with E-state index < -0.39 is 34.4 Å². The van der Waals surface area contributed by atoms with Crippen molar-refractivity contribution in [1.29, 1.82) is 0 Å². The number of carbonyl (C=O) groups is 1. The number of hydrogen-bond acceptors (Lipinski definition) is 4. The third-order valence-corrected chi connectivity index (χ3v) is 3.80. The molecule has 0 heterocycles. The van der Waals surface area contributed by atoms with E-state index in [1.807, 2.05) is 4.72 Å². The zero-order chi connectivity index (χ0) is 13.9. The lowest BCUT2D eigenvalue weighted by molar-refractivity contribution is -0.125. The number of hydrogen-bond donors (Lipinski definition) is 3. The Hall–Kier alpha value is -1.51. The van der Waals surface area contributed by atoms with Gasteiger partial charge in [-0.05, 0) is 24.6 Å². The molecular weight excluding hydrogens is 263 g/mol. The summed E-state index contributed by atoms with van der Waals surface area (Å²) >= 11 is 0. The third kappa shape index (κ3) is 3.49. The zero-order valence-electron chi connectivity index (χ0n) is 9.55. The first kappa shape index (κ1) is 14.6. The molecule has 0 saturated heterocycles. The van der Waals surface area contributed by atoms with Crippen molar-refractivity contribution in [3.05, 3.63) is 29.6 Å². The van der Waals surface area contributed by atoms with Gasteiger partial charge in [0.2, 0.25) is 15.9 Å². The number of primary amides is 1. The first-order valence-corrected chi connectivity index (χ1v) is 6.45. The molecule has 0 spiro atoms. The third-order valence-electron chi connectivity index (χ3n) is 2.23. The van der Waals surface area contributed by atoms with Crippen molar-refractivity contribution in [2.75, 3.05) is 6.54 Å². The minimum atomic E-state index is -4.00. The summed E-state index contributed by atoms with van der Waals surface area (Å²) in [5.41, 5.74) is 5.12. The molecule has 0 aromatic heterocycles. The molecule has 8 heteroatoms. The fourth-order valence-corrected chi connectivity index (χ4v) is 2.52. The van der Waals surface area contributed by atoms with Gasteiger partial charge in [-0.1, -0.05) is 6.07 Å². The molecule has 6 nitrogen and oxygen atoms in total. The molecular formula is C10H13FN2O4S. The van der Waals surface area contributed by atoms with Crippen LogP contribution in [0.1, 0.15) is 5.56 Å². The van der Waals surface area contributed by atoms with Gasteiger partial charge in [0.15, 0.2) is 0 Å². The second kappa shape index (κ2) is 5.42. The summed E-state index contributed by atoms with van der Waals surface area (Å²) < 4.78 is 38.6. The van der Waals surface area contributed by atoms with E-state index in [-0.39, 0.29) is 4.90 Å². The van der Waals surface area contributed by atoms with E-state index in [9.17, 15) is 17.6 Å². The molecule has 0 aliphatic carbocycles. The number of aryl methyl sites for hydroxylation is 1. The molecule has 0 aliphatic rings. The molecule has 0 fully saturated rings. The van der Waals surface area contributed by atoms with Crippen molar-refractivity contribution in [1.82, 2.24) is 4.72 Å². The van der Waals surface area contributed by atoms with Crippen molar-refractivity contribution < 1.29 is 22.7 Å². The maximum absolute atomic E-state index is 13.0. The van der Waals surface area contributed by atoms with Gasteiger partial charge in [0, 0.05) is 6.54 Å². The second-order valence-electron chi connectivity index (χ2n) is 3.68. The molecule has 1 aromatic rings. The number of benzene rings is 1. The van der Waals surface area contributed by atoms with Crippen molar-refractivity contribution in [3.63, 3.8) is 0 Å². The Morgan fingerprint density at radius 3 is 2.72 bits per heavy atom. The minimum absolute atomic E-state index is 0.251. The lowest BCUT2D eigenvalue weighted by Crippen LogP contribution is -2.40. The van der Waals surface area contributed by atoms with Crippen molar-refractivity contribution >= 4 is 15.9 Å². The quantitative estimate of drug-likeness (QED) is 0.658. The van der Waals surface area contributed by atoms with Crippen LogP contribution in [0, 0.1) is 12.7 Å². The summed E-state index contributed by atoms with van der Waals surface area (Å²) in [6, 6.07) is 3.30. The first-order chi connectivity index (χ1) is 8.24. The van der Waals surface area contributed by atoms with E-state index in [4.69, 9.17) is 10.8 Å². The molecule has 18 heavy (non-hydrogen) atoms. The molecule has 1 amide bonds. The van der Waals surface area contributed by atoms with Crippen LogP contribution in [0.3, 0.4) is 0 Å². The summed E-state index contributed by atoms with van der Waals surface area (Å²) in [5.74, 6) is -1.75. The van der Waals surface area contributed by atoms with Gasteiger partial charge in [0.25, 0.3) is 0 Å². The predicted octanol–water partition coefficient (Wildman–Crippen LogP) is -0.741. The number of carbonyl (C=O) groups excluding carboxylic acids is 1. The average Bonchev–Trinajstić information content (AvgIpc) is 2.29. The largest absolute Gasteiger partial charge is 0.382 e. The molecule has 100 valence electrons. The fourth-order valence-electron chi connectivity index (χ4n) is 1.23. The number of amides is 1. The van der Waals surface area contributed by atoms with E-state index >= 15 is 0 Å². The summed E-state index contributed by atoms with van der Waals surface area (Å²) in [4.78, 5) is 10.3. The van der Waals surface area contributed by atoms with E-state index in [1.165, 1.54) is 13.0 Å².